The Kier molecular flexibility index (Phi) is 4.13. The van der Waals surface area contributed by atoms with Crippen LogP contribution in [0.3, 0.4) is 0 Å². The molecule has 1 aromatic heterocycles. The fourth-order valence-corrected chi connectivity index (χ4v) is 3.48. The molecule has 1 saturated carbocycles. The number of imide groups is 1. The molecule has 0 radical (unpaired) electrons. The van der Waals surface area contributed by atoms with Gasteiger partial charge in [0.25, 0.3) is 5.91 Å². The van der Waals surface area contributed by atoms with Gasteiger partial charge in [0.05, 0.1) is 0 Å². The van der Waals surface area contributed by atoms with Gasteiger partial charge < -0.3 is 15.3 Å². The number of pyridine rings is 1. The Morgan fingerprint density at radius 1 is 1.33 bits per heavy atom. The number of carbonyl (C=O) groups is 3. The molecule has 1 spiro atoms. The van der Waals surface area contributed by atoms with E-state index < -0.39 is 17.5 Å². The third-order valence-electron chi connectivity index (χ3n) is 4.83. The molecule has 2 heterocycles. The molecular weight excluding hydrogens is 312 g/mol. The molecule has 128 valence electrons. The summed E-state index contributed by atoms with van der Waals surface area (Å²) < 4.78 is 0. The molecule has 2 aliphatic rings. The van der Waals surface area contributed by atoms with Crippen molar-refractivity contribution in [2.75, 3.05) is 18.9 Å². The van der Waals surface area contributed by atoms with Crippen LogP contribution in [-0.2, 0) is 9.59 Å². The van der Waals surface area contributed by atoms with Gasteiger partial charge >= 0.3 is 6.03 Å². The molecule has 1 aliphatic heterocycles. The van der Waals surface area contributed by atoms with Crippen LogP contribution in [0.5, 0.6) is 5.75 Å². The van der Waals surface area contributed by atoms with Crippen molar-refractivity contribution in [3.05, 3.63) is 18.3 Å². The fraction of sp³-hybridized carbons (Fsp3) is 0.500. The molecular formula is C16H20N4O4. The van der Waals surface area contributed by atoms with Crippen LogP contribution in [0.4, 0.5) is 10.6 Å². The second-order valence-electron chi connectivity index (χ2n) is 6.24. The first-order chi connectivity index (χ1) is 11.5. The summed E-state index contributed by atoms with van der Waals surface area (Å²) in [6.45, 7) is -0.389. The summed E-state index contributed by atoms with van der Waals surface area (Å²) in [6.07, 6.45) is 5.53. The molecule has 8 heteroatoms. The van der Waals surface area contributed by atoms with Gasteiger partial charge in [-0.05, 0) is 25.0 Å². The summed E-state index contributed by atoms with van der Waals surface area (Å²) in [7, 11) is 1.62. The van der Waals surface area contributed by atoms with Crippen LogP contribution < -0.4 is 5.32 Å². The summed E-state index contributed by atoms with van der Waals surface area (Å²) in [4.78, 5) is 43.7. The van der Waals surface area contributed by atoms with Gasteiger partial charge in [0, 0.05) is 13.2 Å². The van der Waals surface area contributed by atoms with Crippen molar-refractivity contribution in [2.24, 2.45) is 0 Å². The van der Waals surface area contributed by atoms with Crippen molar-refractivity contribution in [1.82, 2.24) is 14.8 Å². The highest BCUT2D eigenvalue weighted by Gasteiger charge is 2.55. The van der Waals surface area contributed by atoms with Crippen molar-refractivity contribution in [3.8, 4) is 5.75 Å². The lowest BCUT2D eigenvalue weighted by molar-refractivity contribution is -0.136. The van der Waals surface area contributed by atoms with E-state index in [1.165, 1.54) is 23.2 Å². The number of likely N-dealkylation sites (N-methyl/N-ethyl adjacent to an activating group) is 1. The van der Waals surface area contributed by atoms with Crippen LogP contribution in [0.15, 0.2) is 18.3 Å². The van der Waals surface area contributed by atoms with Crippen molar-refractivity contribution >= 4 is 23.7 Å². The van der Waals surface area contributed by atoms with Crippen LogP contribution in [-0.4, -0.2) is 56.9 Å². The number of nitrogens with one attached hydrogen (secondary N) is 1. The van der Waals surface area contributed by atoms with E-state index in [0.29, 0.717) is 12.8 Å². The predicted octanol–water partition coefficient (Wildman–Crippen LogP) is 1.32. The minimum Gasteiger partial charge on any atom is -0.504 e. The second kappa shape index (κ2) is 6.10. The lowest BCUT2D eigenvalue weighted by Crippen LogP contribution is -2.49. The van der Waals surface area contributed by atoms with Gasteiger partial charge in [-0.3, -0.25) is 14.5 Å². The van der Waals surface area contributed by atoms with Crippen molar-refractivity contribution in [1.29, 1.82) is 0 Å². The first-order valence-corrected chi connectivity index (χ1v) is 7.99. The maximum absolute atomic E-state index is 12.8. The Hall–Kier alpha value is -2.64. The summed E-state index contributed by atoms with van der Waals surface area (Å²) in [6, 6.07) is 2.46. The normalized spacial score (nSPS) is 19.9. The molecule has 0 unspecified atom stereocenters. The standard InChI is InChI=1S/C16H20N4O4/c1-19-15(24)20(14(23)16(19)7-3-2-4-8-16)10-12(22)18-13-11(21)6-5-9-17-13/h5-6,9,21H,2-4,7-8,10H2,1H3,(H,17,18,22). The van der Waals surface area contributed by atoms with Gasteiger partial charge in [-0.1, -0.05) is 19.3 Å². The largest absolute Gasteiger partial charge is 0.504 e. The second-order valence-corrected chi connectivity index (χ2v) is 6.24. The summed E-state index contributed by atoms with van der Waals surface area (Å²) >= 11 is 0. The molecule has 3 rings (SSSR count). The van der Waals surface area contributed by atoms with Crippen LogP contribution in [0, 0.1) is 0 Å². The highest BCUT2D eigenvalue weighted by molar-refractivity contribution is 6.10. The average Bonchev–Trinajstić information content (AvgIpc) is 2.74. The molecule has 0 atom stereocenters. The first-order valence-electron chi connectivity index (χ1n) is 7.99. The van der Waals surface area contributed by atoms with Gasteiger partial charge in [-0.25, -0.2) is 9.78 Å². The molecule has 24 heavy (non-hydrogen) atoms. The van der Waals surface area contributed by atoms with Crippen molar-refractivity contribution in [2.45, 2.75) is 37.6 Å². The van der Waals surface area contributed by atoms with E-state index in [0.717, 1.165) is 24.2 Å². The third-order valence-corrected chi connectivity index (χ3v) is 4.83. The quantitative estimate of drug-likeness (QED) is 0.813. The number of hydrogen-bond acceptors (Lipinski definition) is 5. The molecule has 1 aliphatic carbocycles. The number of urea groups is 1. The van der Waals surface area contributed by atoms with Gasteiger partial charge in [-0.2, -0.15) is 0 Å². The van der Waals surface area contributed by atoms with E-state index in [1.807, 2.05) is 0 Å². The smallest absolute Gasteiger partial charge is 0.327 e. The highest BCUT2D eigenvalue weighted by atomic mass is 16.3. The SMILES string of the molecule is CN1C(=O)N(CC(=O)Nc2ncccc2O)C(=O)C12CCCCC2. The van der Waals surface area contributed by atoms with E-state index in [4.69, 9.17) is 0 Å². The van der Waals surface area contributed by atoms with E-state index in [9.17, 15) is 19.5 Å². The zero-order valence-corrected chi connectivity index (χ0v) is 13.5. The molecule has 4 amide bonds. The Labute approximate surface area is 139 Å². The number of amides is 4. The van der Waals surface area contributed by atoms with E-state index in [2.05, 4.69) is 10.3 Å². The summed E-state index contributed by atoms with van der Waals surface area (Å²) in [5.41, 5.74) is -0.803. The zero-order chi connectivity index (χ0) is 17.3. The minimum absolute atomic E-state index is 0.00216. The Morgan fingerprint density at radius 2 is 2.04 bits per heavy atom. The maximum Gasteiger partial charge on any atom is 0.327 e. The molecule has 8 nitrogen and oxygen atoms in total. The fourth-order valence-electron chi connectivity index (χ4n) is 3.48. The maximum atomic E-state index is 12.8. The van der Waals surface area contributed by atoms with Crippen LogP contribution in [0.25, 0.3) is 0 Å². The Balaban J connectivity index is 1.73. The molecule has 2 fully saturated rings. The highest BCUT2D eigenvalue weighted by Crippen LogP contribution is 2.39. The number of hydrogen-bond donors (Lipinski definition) is 2. The monoisotopic (exact) mass is 332 g/mol. The minimum atomic E-state index is -0.803. The third kappa shape index (κ3) is 2.57. The van der Waals surface area contributed by atoms with Crippen LogP contribution >= 0.6 is 0 Å². The topological polar surface area (TPSA) is 103 Å². The van der Waals surface area contributed by atoms with Crippen LogP contribution in [0.2, 0.25) is 0 Å². The average molecular weight is 332 g/mol. The zero-order valence-electron chi connectivity index (χ0n) is 13.5. The first kappa shape index (κ1) is 16.2. The lowest BCUT2D eigenvalue weighted by atomic mass is 9.81. The van der Waals surface area contributed by atoms with Gasteiger partial charge in [0.1, 0.15) is 12.1 Å². The number of anilines is 1. The predicted molar refractivity (Wildman–Crippen MR) is 85.2 cm³/mol. The van der Waals surface area contributed by atoms with E-state index in [-0.39, 0.29) is 24.0 Å². The van der Waals surface area contributed by atoms with Gasteiger partial charge in [-0.15, -0.1) is 0 Å². The summed E-state index contributed by atoms with van der Waals surface area (Å²) in [5, 5.41) is 12.1. The van der Waals surface area contributed by atoms with E-state index >= 15 is 0 Å². The van der Waals surface area contributed by atoms with Gasteiger partial charge in [0.2, 0.25) is 5.91 Å². The van der Waals surface area contributed by atoms with Gasteiger partial charge in [0.15, 0.2) is 11.6 Å². The number of rotatable bonds is 3. The molecule has 2 N–H and O–H groups in total. The van der Waals surface area contributed by atoms with E-state index in [1.54, 1.807) is 7.05 Å². The Morgan fingerprint density at radius 3 is 2.71 bits per heavy atom. The molecule has 1 aromatic rings. The molecule has 1 saturated heterocycles. The van der Waals surface area contributed by atoms with Crippen molar-refractivity contribution < 1.29 is 19.5 Å². The number of carbonyl (C=O) groups excluding carboxylic acids is 3. The Bertz CT molecular complexity index is 684. The number of aromatic nitrogens is 1. The molecule has 0 aromatic carbocycles. The number of nitrogens with zero attached hydrogens (tertiary/aromatic N) is 3. The number of aromatic hydroxyl groups is 1. The lowest BCUT2D eigenvalue weighted by Gasteiger charge is -2.35. The van der Waals surface area contributed by atoms with Crippen molar-refractivity contribution in [3.63, 3.8) is 0 Å². The molecule has 0 bridgehead atoms. The summed E-state index contributed by atoms with van der Waals surface area (Å²) in [5.74, 6) is -1.06. The van der Waals surface area contributed by atoms with Crippen LogP contribution in [0.1, 0.15) is 32.1 Å².